The summed E-state index contributed by atoms with van der Waals surface area (Å²) in [6.07, 6.45) is 3.31. The highest BCUT2D eigenvalue weighted by atomic mass is 79.9. The van der Waals surface area contributed by atoms with E-state index in [1.54, 1.807) is 0 Å². The fourth-order valence-electron chi connectivity index (χ4n) is 2.37. The van der Waals surface area contributed by atoms with Gasteiger partial charge in [0, 0.05) is 10.2 Å². The zero-order valence-corrected chi connectivity index (χ0v) is 14.1. The molecular formula is C18H21BrFN. The molecule has 0 aliphatic rings. The van der Waals surface area contributed by atoms with Gasteiger partial charge in [0.15, 0.2) is 0 Å². The molecule has 1 N–H and O–H groups in total. The summed E-state index contributed by atoms with van der Waals surface area (Å²) in [5.74, 6) is -0.190. The van der Waals surface area contributed by atoms with Crippen molar-refractivity contribution < 1.29 is 4.39 Å². The van der Waals surface area contributed by atoms with Gasteiger partial charge in [0.05, 0.1) is 6.04 Å². The maximum atomic E-state index is 13.1. The molecule has 1 unspecified atom stereocenters. The molecule has 0 fully saturated rings. The van der Waals surface area contributed by atoms with Gasteiger partial charge in [-0.1, -0.05) is 44.0 Å². The van der Waals surface area contributed by atoms with Gasteiger partial charge in [-0.3, -0.25) is 0 Å². The molecule has 0 amide bonds. The number of nitrogens with one attached hydrogen (secondary N) is 1. The fraction of sp³-hybridized carbons (Fsp3) is 0.333. The molecule has 0 aromatic heterocycles. The first kappa shape index (κ1) is 16.0. The molecule has 21 heavy (non-hydrogen) atoms. The Labute approximate surface area is 134 Å². The van der Waals surface area contributed by atoms with Crippen LogP contribution in [-0.2, 0) is 0 Å². The van der Waals surface area contributed by atoms with Crippen LogP contribution in [-0.4, -0.2) is 0 Å². The van der Waals surface area contributed by atoms with Crippen LogP contribution in [0.25, 0.3) is 0 Å². The van der Waals surface area contributed by atoms with E-state index >= 15 is 0 Å². The van der Waals surface area contributed by atoms with E-state index in [1.165, 1.54) is 17.7 Å². The first-order chi connectivity index (χ1) is 10.1. The smallest absolute Gasteiger partial charge is 0.123 e. The Balaban J connectivity index is 2.23. The van der Waals surface area contributed by atoms with Crippen molar-refractivity contribution in [3.05, 3.63) is 63.9 Å². The molecule has 0 heterocycles. The van der Waals surface area contributed by atoms with E-state index in [9.17, 15) is 4.39 Å². The lowest BCUT2D eigenvalue weighted by Crippen LogP contribution is -2.11. The highest BCUT2D eigenvalue weighted by molar-refractivity contribution is 9.10. The van der Waals surface area contributed by atoms with Crippen LogP contribution in [0.3, 0.4) is 0 Å². The second kappa shape index (κ2) is 7.60. The van der Waals surface area contributed by atoms with Crippen molar-refractivity contribution in [3.63, 3.8) is 0 Å². The fourth-order valence-corrected chi connectivity index (χ4v) is 2.75. The van der Waals surface area contributed by atoms with Crippen molar-refractivity contribution in [2.45, 2.75) is 39.2 Å². The van der Waals surface area contributed by atoms with Gasteiger partial charge in [-0.05, 0) is 58.6 Å². The van der Waals surface area contributed by atoms with Crippen LogP contribution in [0.1, 0.15) is 43.4 Å². The van der Waals surface area contributed by atoms with E-state index in [1.807, 2.05) is 18.2 Å². The summed E-state index contributed by atoms with van der Waals surface area (Å²) < 4.78 is 14.2. The number of hydrogen-bond donors (Lipinski definition) is 1. The minimum absolute atomic E-state index is 0.190. The molecule has 0 saturated heterocycles. The topological polar surface area (TPSA) is 12.0 Å². The monoisotopic (exact) mass is 349 g/mol. The molecule has 1 atom stereocenters. The minimum atomic E-state index is -0.190. The van der Waals surface area contributed by atoms with Crippen LogP contribution < -0.4 is 5.32 Å². The zero-order valence-electron chi connectivity index (χ0n) is 12.5. The van der Waals surface area contributed by atoms with E-state index in [2.05, 4.69) is 47.2 Å². The quantitative estimate of drug-likeness (QED) is 0.650. The van der Waals surface area contributed by atoms with E-state index in [-0.39, 0.29) is 11.9 Å². The number of anilines is 1. The van der Waals surface area contributed by atoms with E-state index < -0.39 is 0 Å². The van der Waals surface area contributed by atoms with Crippen LogP contribution in [0, 0.1) is 12.7 Å². The zero-order chi connectivity index (χ0) is 15.2. The number of halogens is 2. The molecule has 2 aromatic carbocycles. The van der Waals surface area contributed by atoms with Gasteiger partial charge in [-0.25, -0.2) is 4.39 Å². The summed E-state index contributed by atoms with van der Waals surface area (Å²) in [5.41, 5.74) is 3.41. The number of aryl methyl sites for hydroxylation is 1. The molecule has 3 heteroatoms. The highest BCUT2D eigenvalue weighted by Gasteiger charge is 2.13. The summed E-state index contributed by atoms with van der Waals surface area (Å²) in [6, 6.07) is 13.2. The SMILES string of the molecule is CCCCC(Nc1cccc(C)c1Br)c1ccc(F)cc1. The molecule has 2 aromatic rings. The molecule has 0 radical (unpaired) electrons. The normalized spacial score (nSPS) is 12.2. The summed E-state index contributed by atoms with van der Waals surface area (Å²) in [5, 5.41) is 3.59. The van der Waals surface area contributed by atoms with Gasteiger partial charge < -0.3 is 5.32 Å². The van der Waals surface area contributed by atoms with Crippen molar-refractivity contribution in [2.75, 3.05) is 5.32 Å². The van der Waals surface area contributed by atoms with Crippen molar-refractivity contribution in [2.24, 2.45) is 0 Å². The Morgan fingerprint density at radius 3 is 2.52 bits per heavy atom. The predicted octanol–water partition coefficient (Wildman–Crippen LogP) is 6.24. The van der Waals surface area contributed by atoms with Crippen molar-refractivity contribution in [1.82, 2.24) is 0 Å². The Morgan fingerprint density at radius 2 is 1.86 bits per heavy atom. The molecule has 112 valence electrons. The standard InChI is InChI=1S/C18H21BrFN/c1-3-4-7-16(14-9-11-15(20)12-10-14)21-17-8-5-6-13(2)18(17)19/h5-6,8-12,16,21H,3-4,7H2,1-2H3. The largest absolute Gasteiger partial charge is 0.377 e. The Hall–Kier alpha value is -1.35. The van der Waals surface area contributed by atoms with Gasteiger partial charge in [-0.2, -0.15) is 0 Å². The van der Waals surface area contributed by atoms with Crippen LogP contribution in [0.5, 0.6) is 0 Å². The first-order valence-electron chi connectivity index (χ1n) is 7.39. The van der Waals surface area contributed by atoms with Gasteiger partial charge in [0.2, 0.25) is 0 Å². The van der Waals surface area contributed by atoms with Gasteiger partial charge in [0.1, 0.15) is 5.82 Å². The lowest BCUT2D eigenvalue weighted by atomic mass is 10.0. The molecule has 0 spiro atoms. The van der Waals surface area contributed by atoms with Crippen molar-refractivity contribution in [1.29, 1.82) is 0 Å². The Bertz CT molecular complexity index is 580. The number of hydrogen-bond acceptors (Lipinski definition) is 1. The molecular weight excluding hydrogens is 329 g/mol. The third-order valence-electron chi connectivity index (χ3n) is 3.64. The van der Waals surface area contributed by atoms with E-state index in [4.69, 9.17) is 0 Å². The third kappa shape index (κ3) is 4.31. The molecule has 0 saturated carbocycles. The Morgan fingerprint density at radius 1 is 1.14 bits per heavy atom. The van der Waals surface area contributed by atoms with Crippen LogP contribution >= 0.6 is 15.9 Å². The number of rotatable bonds is 6. The molecule has 0 aliphatic carbocycles. The highest BCUT2D eigenvalue weighted by Crippen LogP contribution is 2.31. The van der Waals surface area contributed by atoms with Crippen molar-refractivity contribution >= 4 is 21.6 Å². The maximum absolute atomic E-state index is 13.1. The van der Waals surface area contributed by atoms with Gasteiger partial charge in [-0.15, -0.1) is 0 Å². The minimum Gasteiger partial charge on any atom is -0.377 e. The molecule has 1 nitrogen and oxygen atoms in total. The van der Waals surface area contributed by atoms with Crippen LogP contribution in [0.4, 0.5) is 10.1 Å². The first-order valence-corrected chi connectivity index (χ1v) is 8.18. The Kier molecular flexibility index (Phi) is 5.80. The van der Waals surface area contributed by atoms with Crippen LogP contribution in [0.2, 0.25) is 0 Å². The number of benzene rings is 2. The second-order valence-corrected chi connectivity index (χ2v) is 6.12. The number of unbranched alkanes of at least 4 members (excludes halogenated alkanes) is 1. The van der Waals surface area contributed by atoms with Crippen molar-refractivity contribution in [3.8, 4) is 0 Å². The molecule has 2 rings (SSSR count). The lowest BCUT2D eigenvalue weighted by Gasteiger charge is -2.22. The van der Waals surface area contributed by atoms with Gasteiger partial charge in [0.25, 0.3) is 0 Å². The van der Waals surface area contributed by atoms with Gasteiger partial charge >= 0.3 is 0 Å². The summed E-state index contributed by atoms with van der Waals surface area (Å²) in [7, 11) is 0. The summed E-state index contributed by atoms with van der Waals surface area (Å²) >= 11 is 3.64. The third-order valence-corrected chi connectivity index (χ3v) is 4.69. The summed E-state index contributed by atoms with van der Waals surface area (Å²) in [4.78, 5) is 0. The molecule has 0 bridgehead atoms. The van der Waals surface area contributed by atoms with E-state index in [0.29, 0.717) is 0 Å². The lowest BCUT2D eigenvalue weighted by molar-refractivity contribution is 0.616. The van der Waals surface area contributed by atoms with Crippen LogP contribution in [0.15, 0.2) is 46.9 Å². The van der Waals surface area contributed by atoms with E-state index in [0.717, 1.165) is 35.0 Å². The average Bonchev–Trinajstić information content (AvgIpc) is 2.49. The summed E-state index contributed by atoms with van der Waals surface area (Å²) in [6.45, 7) is 4.26. The predicted molar refractivity (Wildman–Crippen MR) is 91.2 cm³/mol. The second-order valence-electron chi connectivity index (χ2n) is 5.33. The maximum Gasteiger partial charge on any atom is 0.123 e. The average molecular weight is 350 g/mol. The molecule has 0 aliphatic heterocycles.